The van der Waals surface area contributed by atoms with E-state index >= 15 is 0 Å². The lowest BCUT2D eigenvalue weighted by Crippen LogP contribution is -2.22. The molecule has 0 radical (unpaired) electrons. The average Bonchev–Trinajstić information content (AvgIpc) is 3.06. The molecule has 1 aliphatic rings. The van der Waals surface area contributed by atoms with Crippen molar-refractivity contribution >= 4 is 33.5 Å². The van der Waals surface area contributed by atoms with Gasteiger partial charge in [-0.25, -0.2) is 9.18 Å². The second-order valence-electron chi connectivity index (χ2n) is 6.69. The number of rotatable bonds is 3. The fraction of sp³-hybridized carbons (Fsp3) is 0.316. The zero-order valence-corrected chi connectivity index (χ0v) is 14.6. The molecule has 1 atom stereocenters. The number of benzene rings is 1. The summed E-state index contributed by atoms with van der Waals surface area (Å²) in [4.78, 5) is 30.3. The standard InChI is InChI=1S/C19H18FN3O4/c1-2-22-9-12(19(26)27)18(25)17-11-5-15(23-4-3-10(24)8-23)13(20)6-14(11)21-7-16(17)22/h5-7,9-10,24H,2-4,8H2,1H3,(H,26,27). The number of aryl methyl sites for hydroxylation is 1. The van der Waals surface area contributed by atoms with Gasteiger partial charge in [-0.1, -0.05) is 0 Å². The Kier molecular flexibility index (Phi) is 4.07. The van der Waals surface area contributed by atoms with Crippen LogP contribution in [0.4, 0.5) is 10.1 Å². The van der Waals surface area contributed by atoms with Crippen molar-refractivity contribution < 1.29 is 19.4 Å². The van der Waals surface area contributed by atoms with Crippen LogP contribution in [0.25, 0.3) is 21.8 Å². The van der Waals surface area contributed by atoms with Crippen molar-refractivity contribution in [3.8, 4) is 0 Å². The largest absolute Gasteiger partial charge is 0.477 e. The Labute approximate surface area is 153 Å². The number of aliphatic hydroxyl groups is 1. The van der Waals surface area contributed by atoms with E-state index < -0.39 is 23.3 Å². The van der Waals surface area contributed by atoms with Gasteiger partial charge in [0.2, 0.25) is 5.43 Å². The fourth-order valence-electron chi connectivity index (χ4n) is 3.68. The minimum absolute atomic E-state index is 0.211. The lowest BCUT2D eigenvalue weighted by Gasteiger charge is -2.20. The highest BCUT2D eigenvalue weighted by atomic mass is 19.1. The molecule has 0 aliphatic carbocycles. The number of hydrogen-bond donors (Lipinski definition) is 2. The van der Waals surface area contributed by atoms with Gasteiger partial charge in [0.05, 0.1) is 34.4 Å². The van der Waals surface area contributed by atoms with Crippen LogP contribution in [-0.2, 0) is 6.54 Å². The van der Waals surface area contributed by atoms with Gasteiger partial charge in [0.15, 0.2) is 0 Å². The van der Waals surface area contributed by atoms with Gasteiger partial charge in [-0.05, 0) is 19.4 Å². The number of carboxylic acid groups (broad SMARTS) is 1. The van der Waals surface area contributed by atoms with Crippen LogP contribution in [0.15, 0.2) is 29.3 Å². The molecule has 27 heavy (non-hydrogen) atoms. The van der Waals surface area contributed by atoms with E-state index in [9.17, 15) is 24.2 Å². The highest BCUT2D eigenvalue weighted by molar-refractivity contribution is 6.07. The molecule has 4 rings (SSSR count). The fourth-order valence-corrected chi connectivity index (χ4v) is 3.68. The van der Waals surface area contributed by atoms with Crippen LogP contribution in [0.3, 0.4) is 0 Å². The molecule has 8 heteroatoms. The third-order valence-electron chi connectivity index (χ3n) is 5.06. The summed E-state index contributed by atoms with van der Waals surface area (Å²) in [6.45, 7) is 3.10. The van der Waals surface area contributed by atoms with Crippen molar-refractivity contribution in [1.29, 1.82) is 0 Å². The van der Waals surface area contributed by atoms with E-state index in [0.717, 1.165) is 0 Å². The number of aromatic nitrogens is 2. The number of carboxylic acids is 1. The molecule has 0 spiro atoms. The molecule has 1 saturated heterocycles. The van der Waals surface area contributed by atoms with Crippen LogP contribution >= 0.6 is 0 Å². The van der Waals surface area contributed by atoms with E-state index in [4.69, 9.17) is 0 Å². The molecule has 1 unspecified atom stereocenters. The van der Waals surface area contributed by atoms with Crippen molar-refractivity contribution in [2.45, 2.75) is 26.0 Å². The second kappa shape index (κ2) is 6.31. The zero-order chi connectivity index (χ0) is 19.3. The predicted molar refractivity (Wildman–Crippen MR) is 98.9 cm³/mol. The maximum Gasteiger partial charge on any atom is 0.341 e. The van der Waals surface area contributed by atoms with E-state index in [1.807, 2.05) is 6.92 Å². The number of carbonyl (C=O) groups is 1. The Morgan fingerprint density at radius 3 is 2.81 bits per heavy atom. The number of β-amino-alcohol motifs (C(OH)–C–C–N with tert-alkyl or cyclic N) is 1. The molecular formula is C19H18FN3O4. The summed E-state index contributed by atoms with van der Waals surface area (Å²) in [5.41, 5.74) is 0.106. The molecule has 2 N–H and O–H groups in total. The van der Waals surface area contributed by atoms with Gasteiger partial charge in [0.25, 0.3) is 0 Å². The number of aliphatic hydroxyl groups excluding tert-OH is 1. The van der Waals surface area contributed by atoms with Crippen LogP contribution < -0.4 is 10.3 Å². The molecule has 2 aromatic heterocycles. The van der Waals surface area contributed by atoms with Crippen molar-refractivity contribution in [2.75, 3.05) is 18.0 Å². The number of nitrogens with zero attached hydrogens (tertiary/aromatic N) is 3. The lowest BCUT2D eigenvalue weighted by molar-refractivity contribution is 0.0695. The first-order valence-corrected chi connectivity index (χ1v) is 8.72. The van der Waals surface area contributed by atoms with E-state index in [-0.39, 0.29) is 22.2 Å². The van der Waals surface area contributed by atoms with Gasteiger partial charge < -0.3 is 19.7 Å². The maximum absolute atomic E-state index is 14.6. The molecule has 140 valence electrons. The first kappa shape index (κ1) is 17.4. The highest BCUT2D eigenvalue weighted by Crippen LogP contribution is 2.31. The average molecular weight is 371 g/mol. The number of aromatic carboxylic acids is 1. The first-order valence-electron chi connectivity index (χ1n) is 8.72. The first-order chi connectivity index (χ1) is 12.9. The summed E-state index contributed by atoms with van der Waals surface area (Å²) < 4.78 is 16.3. The third kappa shape index (κ3) is 2.73. The Bertz CT molecular complexity index is 1140. The number of anilines is 1. The molecule has 1 aromatic carbocycles. The third-order valence-corrected chi connectivity index (χ3v) is 5.06. The van der Waals surface area contributed by atoms with Crippen LogP contribution in [0.1, 0.15) is 23.7 Å². The van der Waals surface area contributed by atoms with Crippen molar-refractivity contribution in [3.63, 3.8) is 0 Å². The molecule has 7 nitrogen and oxygen atoms in total. The molecule has 0 amide bonds. The summed E-state index contributed by atoms with van der Waals surface area (Å²) in [6, 6.07) is 2.78. The smallest absolute Gasteiger partial charge is 0.341 e. The quantitative estimate of drug-likeness (QED) is 0.684. The van der Waals surface area contributed by atoms with E-state index in [1.165, 1.54) is 24.5 Å². The van der Waals surface area contributed by atoms with E-state index in [1.54, 1.807) is 9.47 Å². The van der Waals surface area contributed by atoms with Gasteiger partial charge in [0, 0.05) is 37.3 Å². The predicted octanol–water partition coefficient (Wildman–Crippen LogP) is 1.98. The van der Waals surface area contributed by atoms with Gasteiger partial charge >= 0.3 is 5.97 Å². The Balaban J connectivity index is 2.08. The van der Waals surface area contributed by atoms with Crippen LogP contribution in [0, 0.1) is 5.82 Å². The molecular weight excluding hydrogens is 353 g/mol. The molecule has 0 saturated carbocycles. The minimum Gasteiger partial charge on any atom is -0.477 e. The highest BCUT2D eigenvalue weighted by Gasteiger charge is 2.24. The SMILES string of the molecule is CCn1cc(C(=O)O)c(=O)c2c3cc(N4CCC(O)C4)c(F)cc3ncc21. The second-order valence-corrected chi connectivity index (χ2v) is 6.69. The Morgan fingerprint density at radius 2 is 2.19 bits per heavy atom. The molecule has 3 heterocycles. The monoisotopic (exact) mass is 371 g/mol. The normalized spacial score (nSPS) is 17.1. The van der Waals surface area contributed by atoms with E-state index in [2.05, 4.69) is 4.98 Å². The lowest BCUT2D eigenvalue weighted by atomic mass is 10.1. The van der Waals surface area contributed by atoms with E-state index in [0.29, 0.717) is 37.0 Å². The van der Waals surface area contributed by atoms with Crippen LogP contribution in [0.2, 0.25) is 0 Å². The van der Waals surface area contributed by atoms with Gasteiger partial charge in [-0.3, -0.25) is 9.78 Å². The molecule has 1 fully saturated rings. The number of halogens is 1. The Morgan fingerprint density at radius 1 is 1.41 bits per heavy atom. The number of hydrogen-bond acceptors (Lipinski definition) is 5. The summed E-state index contributed by atoms with van der Waals surface area (Å²) >= 11 is 0. The van der Waals surface area contributed by atoms with Crippen LogP contribution in [-0.4, -0.2) is 44.9 Å². The number of fused-ring (bicyclic) bond motifs is 3. The van der Waals surface area contributed by atoms with Crippen molar-refractivity contribution in [3.05, 3.63) is 46.1 Å². The van der Waals surface area contributed by atoms with Gasteiger partial charge in [-0.15, -0.1) is 0 Å². The zero-order valence-electron chi connectivity index (χ0n) is 14.6. The number of pyridine rings is 2. The van der Waals surface area contributed by atoms with Crippen LogP contribution in [0.5, 0.6) is 0 Å². The minimum atomic E-state index is -1.31. The maximum atomic E-state index is 14.6. The summed E-state index contributed by atoms with van der Waals surface area (Å²) in [5, 5.41) is 19.8. The van der Waals surface area contributed by atoms with Gasteiger partial charge in [-0.2, -0.15) is 0 Å². The Hall–Kier alpha value is -3.00. The van der Waals surface area contributed by atoms with Crippen molar-refractivity contribution in [2.24, 2.45) is 0 Å². The molecule has 3 aromatic rings. The summed E-state index contributed by atoms with van der Waals surface area (Å²) in [6.07, 6.45) is 2.79. The summed E-state index contributed by atoms with van der Waals surface area (Å²) in [5.74, 6) is -1.80. The molecule has 0 bridgehead atoms. The van der Waals surface area contributed by atoms with Gasteiger partial charge in [0.1, 0.15) is 11.4 Å². The molecule has 1 aliphatic heterocycles. The summed E-state index contributed by atoms with van der Waals surface area (Å²) in [7, 11) is 0. The topological polar surface area (TPSA) is 95.7 Å². The van der Waals surface area contributed by atoms with Crippen molar-refractivity contribution in [1.82, 2.24) is 9.55 Å².